The van der Waals surface area contributed by atoms with E-state index in [1.165, 1.54) is 16.4 Å². The minimum absolute atomic E-state index is 0.0824. The van der Waals surface area contributed by atoms with E-state index < -0.39 is 16.0 Å². The molecule has 3 aromatic rings. The first-order chi connectivity index (χ1) is 13.0. The van der Waals surface area contributed by atoms with E-state index in [0.717, 1.165) is 0 Å². The second-order valence-electron chi connectivity index (χ2n) is 5.66. The van der Waals surface area contributed by atoms with Crippen LogP contribution in [-0.2, 0) is 27.8 Å². The molecule has 3 rings (SSSR count). The van der Waals surface area contributed by atoms with Crippen LogP contribution >= 0.6 is 0 Å². The number of rotatable bonds is 8. The van der Waals surface area contributed by atoms with Crippen LogP contribution in [0.5, 0.6) is 0 Å². The number of nitrogens with zero attached hydrogens (tertiary/aromatic N) is 3. The first-order valence-electron chi connectivity index (χ1n) is 8.13. The molecule has 2 aromatic carbocycles. The number of aliphatic carboxylic acids is 1. The van der Waals surface area contributed by atoms with Gasteiger partial charge in [-0.15, -0.1) is 0 Å². The molecule has 0 fully saturated rings. The average Bonchev–Trinajstić information content (AvgIpc) is 3.13. The zero-order valence-electron chi connectivity index (χ0n) is 14.2. The van der Waals surface area contributed by atoms with Gasteiger partial charge < -0.3 is 9.63 Å². The maximum Gasteiger partial charge on any atom is 0.303 e. The summed E-state index contributed by atoms with van der Waals surface area (Å²) in [6.07, 6.45) is -0.0640. The number of hydrogen-bond donors (Lipinski definition) is 1. The summed E-state index contributed by atoms with van der Waals surface area (Å²) in [4.78, 5) is 14.9. The highest BCUT2D eigenvalue weighted by molar-refractivity contribution is 7.92. The fourth-order valence-corrected chi connectivity index (χ4v) is 3.87. The Hall–Kier alpha value is -3.20. The predicted octanol–water partition coefficient (Wildman–Crippen LogP) is 2.48. The number of carboxylic acids is 1. The summed E-state index contributed by atoms with van der Waals surface area (Å²) in [5, 5.41) is 12.5. The summed E-state index contributed by atoms with van der Waals surface area (Å²) >= 11 is 0. The molecule has 0 amide bonds. The highest BCUT2D eigenvalue weighted by Gasteiger charge is 2.26. The van der Waals surface area contributed by atoms with Crippen molar-refractivity contribution in [3.63, 3.8) is 0 Å². The Balaban J connectivity index is 1.91. The Bertz CT molecular complexity index is 1000. The fraction of sp³-hybridized carbons (Fsp3) is 0.167. The molecule has 9 heteroatoms. The standard InChI is InChI=1S/C18H17N3O5S/c22-18(23)12-11-17-19-16(20-26-17)13-21(14-7-3-1-4-8-14)27(24,25)15-9-5-2-6-10-15/h1-10H,11-13H2,(H,22,23). The lowest BCUT2D eigenvalue weighted by Crippen LogP contribution is -2.31. The van der Waals surface area contributed by atoms with Gasteiger partial charge in [-0.05, 0) is 24.3 Å². The maximum absolute atomic E-state index is 13.1. The van der Waals surface area contributed by atoms with Crippen molar-refractivity contribution in [2.24, 2.45) is 0 Å². The van der Waals surface area contributed by atoms with Crippen molar-refractivity contribution < 1.29 is 22.8 Å². The summed E-state index contributed by atoms with van der Waals surface area (Å²) < 4.78 is 32.5. The number of carbonyl (C=O) groups is 1. The van der Waals surface area contributed by atoms with Crippen LogP contribution in [-0.4, -0.2) is 29.6 Å². The molecular formula is C18H17N3O5S. The molecule has 1 aromatic heterocycles. The molecule has 0 unspecified atom stereocenters. The van der Waals surface area contributed by atoms with Crippen LogP contribution in [0.1, 0.15) is 18.1 Å². The molecule has 0 spiro atoms. The topological polar surface area (TPSA) is 114 Å². The predicted molar refractivity (Wildman–Crippen MR) is 96.5 cm³/mol. The third-order valence-corrected chi connectivity index (χ3v) is 5.51. The van der Waals surface area contributed by atoms with Crippen LogP contribution in [0.4, 0.5) is 5.69 Å². The lowest BCUT2D eigenvalue weighted by Gasteiger charge is -2.23. The third kappa shape index (κ3) is 4.50. The zero-order chi connectivity index (χ0) is 19.3. The normalized spacial score (nSPS) is 11.3. The van der Waals surface area contributed by atoms with Crippen molar-refractivity contribution in [3.05, 3.63) is 72.4 Å². The van der Waals surface area contributed by atoms with Crippen molar-refractivity contribution in [1.82, 2.24) is 10.1 Å². The van der Waals surface area contributed by atoms with Gasteiger partial charge in [-0.2, -0.15) is 4.98 Å². The monoisotopic (exact) mass is 387 g/mol. The first-order valence-corrected chi connectivity index (χ1v) is 9.57. The second-order valence-corrected chi connectivity index (χ2v) is 7.52. The van der Waals surface area contributed by atoms with Crippen molar-refractivity contribution in [2.45, 2.75) is 24.3 Å². The van der Waals surface area contributed by atoms with Gasteiger partial charge in [-0.3, -0.25) is 9.10 Å². The summed E-state index contributed by atoms with van der Waals surface area (Å²) in [5.41, 5.74) is 0.457. The molecule has 8 nitrogen and oxygen atoms in total. The zero-order valence-corrected chi connectivity index (χ0v) is 15.0. The quantitative estimate of drug-likeness (QED) is 0.631. The van der Waals surface area contributed by atoms with E-state index in [-0.39, 0.29) is 36.0 Å². The van der Waals surface area contributed by atoms with Gasteiger partial charge in [0.25, 0.3) is 10.0 Å². The van der Waals surface area contributed by atoms with E-state index in [4.69, 9.17) is 9.63 Å². The van der Waals surface area contributed by atoms with Gasteiger partial charge in [0.1, 0.15) is 0 Å². The number of sulfonamides is 1. The van der Waals surface area contributed by atoms with Gasteiger partial charge in [-0.25, -0.2) is 8.42 Å². The Labute approximate surface area is 156 Å². The summed E-state index contributed by atoms with van der Waals surface area (Å²) in [7, 11) is -3.85. The fourth-order valence-electron chi connectivity index (χ4n) is 2.43. The van der Waals surface area contributed by atoms with Crippen molar-refractivity contribution in [3.8, 4) is 0 Å². The van der Waals surface area contributed by atoms with E-state index in [9.17, 15) is 13.2 Å². The van der Waals surface area contributed by atoms with E-state index in [2.05, 4.69) is 10.1 Å². The van der Waals surface area contributed by atoms with E-state index >= 15 is 0 Å². The largest absolute Gasteiger partial charge is 0.481 e. The molecule has 27 heavy (non-hydrogen) atoms. The number of carboxylic acid groups (broad SMARTS) is 1. The average molecular weight is 387 g/mol. The summed E-state index contributed by atoms with van der Waals surface area (Å²) in [6, 6.07) is 16.7. The minimum atomic E-state index is -3.85. The van der Waals surface area contributed by atoms with Gasteiger partial charge >= 0.3 is 5.97 Å². The number of para-hydroxylation sites is 1. The van der Waals surface area contributed by atoms with E-state index in [0.29, 0.717) is 5.69 Å². The van der Waals surface area contributed by atoms with Crippen LogP contribution < -0.4 is 4.31 Å². The van der Waals surface area contributed by atoms with E-state index in [1.54, 1.807) is 48.5 Å². The SMILES string of the molecule is O=C(O)CCc1nc(CN(c2ccccc2)S(=O)(=O)c2ccccc2)no1. The smallest absolute Gasteiger partial charge is 0.303 e. The summed E-state index contributed by atoms with van der Waals surface area (Å²) in [6.45, 7) is -0.141. The van der Waals surface area contributed by atoms with Gasteiger partial charge in [0.05, 0.1) is 23.5 Å². The molecule has 0 saturated heterocycles. The minimum Gasteiger partial charge on any atom is -0.481 e. The number of aromatic nitrogens is 2. The van der Waals surface area contributed by atoms with Crippen molar-refractivity contribution in [2.75, 3.05) is 4.31 Å². The highest BCUT2D eigenvalue weighted by Crippen LogP contribution is 2.25. The van der Waals surface area contributed by atoms with E-state index in [1.807, 2.05) is 0 Å². The van der Waals surface area contributed by atoms with Crippen LogP contribution in [0, 0.1) is 0 Å². The molecule has 0 aliphatic rings. The lowest BCUT2D eigenvalue weighted by molar-refractivity contribution is -0.137. The first kappa shape index (κ1) is 18.6. The molecule has 0 aliphatic carbocycles. The van der Waals surface area contributed by atoms with Crippen LogP contribution in [0.15, 0.2) is 70.1 Å². The number of hydrogen-bond acceptors (Lipinski definition) is 6. The molecule has 1 heterocycles. The molecule has 0 aliphatic heterocycles. The van der Waals surface area contributed by atoms with Gasteiger partial charge in [0.2, 0.25) is 5.89 Å². The molecule has 140 valence electrons. The second kappa shape index (κ2) is 8.00. The van der Waals surface area contributed by atoms with Crippen LogP contribution in [0.25, 0.3) is 0 Å². The lowest BCUT2D eigenvalue weighted by atomic mass is 10.3. The Morgan fingerprint density at radius 3 is 2.30 bits per heavy atom. The van der Waals surface area contributed by atoms with Gasteiger partial charge in [0, 0.05) is 6.42 Å². The van der Waals surface area contributed by atoms with Crippen molar-refractivity contribution >= 4 is 21.7 Å². The van der Waals surface area contributed by atoms with Crippen LogP contribution in [0.2, 0.25) is 0 Å². The molecule has 0 radical (unpaired) electrons. The Morgan fingerprint density at radius 2 is 1.67 bits per heavy atom. The molecular weight excluding hydrogens is 370 g/mol. The Kier molecular flexibility index (Phi) is 5.51. The number of benzene rings is 2. The Morgan fingerprint density at radius 1 is 1.04 bits per heavy atom. The third-order valence-electron chi connectivity index (χ3n) is 3.72. The van der Waals surface area contributed by atoms with Gasteiger partial charge in [0.15, 0.2) is 5.82 Å². The highest BCUT2D eigenvalue weighted by atomic mass is 32.2. The number of aryl methyl sites for hydroxylation is 1. The molecule has 0 bridgehead atoms. The van der Waals surface area contributed by atoms with Crippen LogP contribution in [0.3, 0.4) is 0 Å². The molecule has 1 N–H and O–H groups in total. The number of anilines is 1. The molecule has 0 atom stereocenters. The summed E-state index contributed by atoms with van der Waals surface area (Å²) in [5.74, 6) is -0.677. The maximum atomic E-state index is 13.1. The molecule has 0 saturated carbocycles. The van der Waals surface area contributed by atoms with Gasteiger partial charge in [-0.1, -0.05) is 41.6 Å². The van der Waals surface area contributed by atoms with Crippen molar-refractivity contribution in [1.29, 1.82) is 0 Å².